The molecule has 5 nitrogen and oxygen atoms in total. The van der Waals surface area contributed by atoms with Crippen LogP contribution in [0.2, 0.25) is 0 Å². The fraction of sp³-hybridized carbons (Fsp3) is 0.278. The molecule has 0 aliphatic carbocycles. The molecular weight excluding hydrogens is 326 g/mol. The lowest BCUT2D eigenvalue weighted by Crippen LogP contribution is -2.25. The first-order valence-electron chi connectivity index (χ1n) is 7.71. The van der Waals surface area contributed by atoms with Crippen molar-refractivity contribution in [3.05, 3.63) is 65.7 Å². The molecule has 6 heteroatoms. The SMILES string of the molecule is CC(=O)c1cccc(S(=O)(=O)NCCCOCc2ccccc2)c1. The fourth-order valence-electron chi connectivity index (χ4n) is 2.11. The molecule has 0 heterocycles. The van der Waals surface area contributed by atoms with Gasteiger partial charge in [0.1, 0.15) is 0 Å². The molecule has 0 atom stereocenters. The van der Waals surface area contributed by atoms with Crippen LogP contribution >= 0.6 is 0 Å². The molecule has 128 valence electrons. The number of benzene rings is 2. The zero-order chi connectivity index (χ0) is 17.4. The third kappa shape index (κ3) is 5.56. The summed E-state index contributed by atoms with van der Waals surface area (Å²) in [6.45, 7) is 2.66. The van der Waals surface area contributed by atoms with Crippen LogP contribution in [0.1, 0.15) is 29.3 Å². The van der Waals surface area contributed by atoms with E-state index in [4.69, 9.17) is 4.74 Å². The minimum Gasteiger partial charge on any atom is -0.377 e. The van der Waals surface area contributed by atoms with Gasteiger partial charge < -0.3 is 4.74 Å². The smallest absolute Gasteiger partial charge is 0.240 e. The zero-order valence-electron chi connectivity index (χ0n) is 13.6. The summed E-state index contributed by atoms with van der Waals surface area (Å²) in [4.78, 5) is 11.4. The van der Waals surface area contributed by atoms with Gasteiger partial charge in [0.05, 0.1) is 11.5 Å². The lowest BCUT2D eigenvalue weighted by atomic mass is 10.2. The van der Waals surface area contributed by atoms with Crippen LogP contribution in [0.15, 0.2) is 59.5 Å². The van der Waals surface area contributed by atoms with Crippen LogP contribution in [0.25, 0.3) is 0 Å². The molecule has 0 amide bonds. The molecule has 0 saturated carbocycles. The molecule has 2 aromatic carbocycles. The van der Waals surface area contributed by atoms with Crippen molar-refractivity contribution in [1.29, 1.82) is 0 Å². The van der Waals surface area contributed by atoms with Gasteiger partial charge in [-0.15, -0.1) is 0 Å². The van der Waals surface area contributed by atoms with Crippen molar-refractivity contribution in [2.75, 3.05) is 13.2 Å². The largest absolute Gasteiger partial charge is 0.377 e. The lowest BCUT2D eigenvalue weighted by molar-refractivity contribution is 0.101. The molecule has 0 aromatic heterocycles. The number of carbonyl (C=O) groups is 1. The van der Waals surface area contributed by atoms with Crippen LogP contribution in [0.4, 0.5) is 0 Å². The summed E-state index contributed by atoms with van der Waals surface area (Å²) in [5.74, 6) is -0.165. The summed E-state index contributed by atoms with van der Waals surface area (Å²) in [6, 6.07) is 15.8. The van der Waals surface area contributed by atoms with Gasteiger partial charge in [0, 0.05) is 18.7 Å². The maximum atomic E-state index is 12.2. The van der Waals surface area contributed by atoms with Crippen molar-refractivity contribution in [3.63, 3.8) is 0 Å². The van der Waals surface area contributed by atoms with E-state index in [1.807, 2.05) is 30.3 Å². The lowest BCUT2D eigenvalue weighted by Gasteiger charge is -2.08. The van der Waals surface area contributed by atoms with Crippen molar-refractivity contribution in [1.82, 2.24) is 4.72 Å². The number of sulfonamides is 1. The monoisotopic (exact) mass is 347 g/mol. The van der Waals surface area contributed by atoms with Gasteiger partial charge in [-0.3, -0.25) is 4.79 Å². The molecule has 0 radical (unpaired) electrons. The maximum Gasteiger partial charge on any atom is 0.240 e. The summed E-state index contributed by atoms with van der Waals surface area (Å²) < 4.78 is 32.4. The average molecular weight is 347 g/mol. The molecule has 1 N–H and O–H groups in total. The molecule has 2 aromatic rings. The molecule has 0 unspecified atom stereocenters. The van der Waals surface area contributed by atoms with E-state index in [1.54, 1.807) is 12.1 Å². The van der Waals surface area contributed by atoms with Crippen LogP contribution in [0, 0.1) is 0 Å². The first kappa shape index (κ1) is 18.3. The Kier molecular flexibility index (Phi) is 6.66. The number of nitrogens with one attached hydrogen (secondary N) is 1. The highest BCUT2D eigenvalue weighted by atomic mass is 32.2. The number of hydrogen-bond acceptors (Lipinski definition) is 4. The third-order valence-electron chi connectivity index (χ3n) is 3.42. The van der Waals surface area contributed by atoms with E-state index in [1.165, 1.54) is 19.1 Å². The number of rotatable bonds is 9. The Morgan fingerprint density at radius 3 is 2.54 bits per heavy atom. The standard InChI is InChI=1S/C18H21NO4S/c1-15(20)17-9-5-10-18(13-17)24(21,22)19-11-6-12-23-14-16-7-3-2-4-8-16/h2-5,7-10,13,19H,6,11-12,14H2,1H3. The van der Waals surface area contributed by atoms with Gasteiger partial charge in [-0.05, 0) is 31.0 Å². The van der Waals surface area contributed by atoms with Crippen LogP contribution < -0.4 is 4.72 Å². The van der Waals surface area contributed by atoms with E-state index in [0.29, 0.717) is 25.2 Å². The highest BCUT2D eigenvalue weighted by Gasteiger charge is 2.14. The Balaban J connectivity index is 1.77. The maximum absolute atomic E-state index is 12.2. The van der Waals surface area contributed by atoms with Crippen LogP contribution in [-0.4, -0.2) is 27.4 Å². The van der Waals surface area contributed by atoms with Crippen molar-refractivity contribution >= 4 is 15.8 Å². The number of ketones is 1. The van der Waals surface area contributed by atoms with Crippen molar-refractivity contribution < 1.29 is 17.9 Å². The summed E-state index contributed by atoms with van der Waals surface area (Å²) in [7, 11) is -3.61. The van der Waals surface area contributed by atoms with E-state index in [2.05, 4.69) is 4.72 Å². The van der Waals surface area contributed by atoms with Gasteiger partial charge in [-0.25, -0.2) is 13.1 Å². The second-order valence-corrected chi connectivity index (χ2v) is 7.14. The number of ether oxygens (including phenoxy) is 1. The summed E-state index contributed by atoms with van der Waals surface area (Å²) >= 11 is 0. The molecule has 0 fully saturated rings. The van der Waals surface area contributed by atoms with E-state index in [-0.39, 0.29) is 17.2 Å². The van der Waals surface area contributed by atoms with E-state index in [0.717, 1.165) is 5.56 Å². The van der Waals surface area contributed by atoms with Crippen molar-refractivity contribution in [3.8, 4) is 0 Å². The summed E-state index contributed by atoms with van der Waals surface area (Å²) in [6.07, 6.45) is 0.568. The third-order valence-corrected chi connectivity index (χ3v) is 4.88. The number of hydrogen-bond donors (Lipinski definition) is 1. The highest BCUT2D eigenvalue weighted by molar-refractivity contribution is 7.89. The molecule has 0 spiro atoms. The van der Waals surface area contributed by atoms with Crippen LogP contribution in [0.5, 0.6) is 0 Å². The van der Waals surface area contributed by atoms with E-state index < -0.39 is 10.0 Å². The first-order chi connectivity index (χ1) is 11.5. The minimum atomic E-state index is -3.61. The van der Waals surface area contributed by atoms with E-state index in [9.17, 15) is 13.2 Å². The first-order valence-corrected chi connectivity index (χ1v) is 9.20. The van der Waals surface area contributed by atoms with Gasteiger partial charge in [-0.1, -0.05) is 42.5 Å². The van der Waals surface area contributed by atoms with Crippen LogP contribution in [0.3, 0.4) is 0 Å². The Bertz CT molecular complexity index is 773. The van der Waals surface area contributed by atoms with E-state index >= 15 is 0 Å². The van der Waals surface area contributed by atoms with Gasteiger partial charge in [0.25, 0.3) is 0 Å². The predicted octanol–water partition coefficient (Wildman–Crippen LogP) is 2.77. The molecule has 2 rings (SSSR count). The quantitative estimate of drug-likeness (QED) is 0.559. The molecule has 0 aliphatic rings. The molecular formula is C18H21NO4S. The zero-order valence-corrected chi connectivity index (χ0v) is 14.4. The Morgan fingerprint density at radius 2 is 1.83 bits per heavy atom. The van der Waals surface area contributed by atoms with Gasteiger partial charge in [0.2, 0.25) is 10.0 Å². The summed E-state index contributed by atoms with van der Waals surface area (Å²) in [5.41, 5.74) is 1.46. The van der Waals surface area contributed by atoms with Crippen molar-refractivity contribution in [2.45, 2.75) is 24.8 Å². The number of carbonyl (C=O) groups excluding carboxylic acids is 1. The number of Topliss-reactive ketones (excluding diaryl/α,β-unsaturated/α-hetero) is 1. The highest BCUT2D eigenvalue weighted by Crippen LogP contribution is 2.12. The minimum absolute atomic E-state index is 0.0976. The molecule has 0 aliphatic heterocycles. The second-order valence-electron chi connectivity index (χ2n) is 5.37. The van der Waals surface area contributed by atoms with Crippen LogP contribution in [-0.2, 0) is 21.4 Å². The molecule has 0 bridgehead atoms. The van der Waals surface area contributed by atoms with Gasteiger partial charge in [0.15, 0.2) is 5.78 Å². The normalized spacial score (nSPS) is 11.4. The second kappa shape index (κ2) is 8.73. The Hall–Kier alpha value is -2.02. The Labute approximate surface area is 142 Å². The fourth-order valence-corrected chi connectivity index (χ4v) is 3.23. The predicted molar refractivity (Wildman–Crippen MR) is 92.4 cm³/mol. The van der Waals surface area contributed by atoms with Crippen molar-refractivity contribution in [2.24, 2.45) is 0 Å². The van der Waals surface area contributed by atoms with Gasteiger partial charge >= 0.3 is 0 Å². The van der Waals surface area contributed by atoms with Gasteiger partial charge in [-0.2, -0.15) is 0 Å². The summed E-state index contributed by atoms with van der Waals surface area (Å²) in [5, 5.41) is 0. The molecule has 0 saturated heterocycles. The average Bonchev–Trinajstić information content (AvgIpc) is 2.59. The molecule has 24 heavy (non-hydrogen) atoms. The Morgan fingerprint density at radius 1 is 1.08 bits per heavy atom. The topological polar surface area (TPSA) is 72.5 Å².